The summed E-state index contributed by atoms with van der Waals surface area (Å²) in [6.45, 7) is 4.27. The molecule has 0 atom stereocenters. The normalized spacial score (nSPS) is 11.2. The van der Waals surface area contributed by atoms with E-state index in [4.69, 9.17) is 0 Å². The van der Waals surface area contributed by atoms with E-state index < -0.39 is 0 Å². The SMILES string of the molecule is Cc1ccc(-c2ccc(-c3ccc(C)cc3)c3cc4ccccc4cc23)cc1. The molecule has 0 aliphatic heterocycles. The molecule has 0 bridgehead atoms. The fraction of sp³-hybridized carbons (Fsp3) is 0.0714. The molecule has 0 N–H and O–H groups in total. The number of benzene rings is 5. The molecule has 0 heteroatoms. The van der Waals surface area contributed by atoms with Crippen molar-refractivity contribution in [3.05, 3.63) is 108 Å². The van der Waals surface area contributed by atoms with Crippen molar-refractivity contribution < 1.29 is 0 Å². The summed E-state index contributed by atoms with van der Waals surface area (Å²) >= 11 is 0. The molecule has 0 aliphatic carbocycles. The minimum atomic E-state index is 1.27. The summed E-state index contributed by atoms with van der Waals surface area (Å²) in [4.78, 5) is 0. The lowest BCUT2D eigenvalue weighted by Gasteiger charge is -2.14. The van der Waals surface area contributed by atoms with Crippen LogP contribution in [0.4, 0.5) is 0 Å². The smallest absolute Gasteiger partial charge is 0.00928 e. The Kier molecular flexibility index (Phi) is 3.98. The Morgan fingerprint density at radius 1 is 0.429 bits per heavy atom. The van der Waals surface area contributed by atoms with Gasteiger partial charge in [0, 0.05) is 0 Å². The van der Waals surface area contributed by atoms with Crippen molar-refractivity contribution >= 4 is 21.5 Å². The molecule has 0 spiro atoms. The van der Waals surface area contributed by atoms with E-state index in [1.54, 1.807) is 0 Å². The third-order valence-corrected chi connectivity index (χ3v) is 5.61. The summed E-state index contributed by atoms with van der Waals surface area (Å²) in [6.07, 6.45) is 0. The maximum Gasteiger partial charge on any atom is -0.00928 e. The van der Waals surface area contributed by atoms with Crippen LogP contribution < -0.4 is 0 Å². The van der Waals surface area contributed by atoms with E-state index in [9.17, 15) is 0 Å². The van der Waals surface area contributed by atoms with Gasteiger partial charge in [0.1, 0.15) is 0 Å². The van der Waals surface area contributed by atoms with Gasteiger partial charge in [-0.1, -0.05) is 96.1 Å². The van der Waals surface area contributed by atoms with Crippen LogP contribution in [0.5, 0.6) is 0 Å². The number of aryl methyl sites for hydroxylation is 2. The van der Waals surface area contributed by atoms with Gasteiger partial charge in [-0.25, -0.2) is 0 Å². The van der Waals surface area contributed by atoms with Crippen LogP contribution in [-0.2, 0) is 0 Å². The zero-order chi connectivity index (χ0) is 19.1. The molecule has 0 fully saturated rings. The lowest BCUT2D eigenvalue weighted by atomic mass is 9.90. The lowest BCUT2D eigenvalue weighted by Crippen LogP contribution is -1.88. The van der Waals surface area contributed by atoms with Gasteiger partial charge in [-0.15, -0.1) is 0 Å². The van der Waals surface area contributed by atoms with Crippen molar-refractivity contribution in [2.75, 3.05) is 0 Å². The van der Waals surface area contributed by atoms with Crippen LogP contribution in [0.3, 0.4) is 0 Å². The number of hydrogen-bond donors (Lipinski definition) is 0. The molecule has 5 rings (SSSR count). The molecule has 5 aromatic carbocycles. The molecular weight excluding hydrogens is 336 g/mol. The minimum absolute atomic E-state index is 1.27. The Labute approximate surface area is 166 Å². The van der Waals surface area contributed by atoms with Gasteiger partial charge >= 0.3 is 0 Å². The maximum atomic E-state index is 2.34. The highest BCUT2D eigenvalue weighted by molar-refractivity contribution is 6.10. The first-order valence-electron chi connectivity index (χ1n) is 9.79. The summed E-state index contributed by atoms with van der Waals surface area (Å²) in [5.41, 5.74) is 7.68. The first-order chi connectivity index (χ1) is 13.7. The molecule has 0 saturated heterocycles. The summed E-state index contributed by atoms with van der Waals surface area (Å²) in [6, 6.07) is 35.5. The minimum Gasteiger partial charge on any atom is -0.0616 e. The van der Waals surface area contributed by atoms with Gasteiger partial charge in [-0.2, -0.15) is 0 Å². The van der Waals surface area contributed by atoms with Crippen LogP contribution in [0.1, 0.15) is 11.1 Å². The van der Waals surface area contributed by atoms with Gasteiger partial charge in [0.15, 0.2) is 0 Å². The van der Waals surface area contributed by atoms with Crippen molar-refractivity contribution in [3.8, 4) is 22.3 Å². The van der Waals surface area contributed by atoms with Crippen LogP contribution in [0.2, 0.25) is 0 Å². The predicted molar refractivity (Wildman–Crippen MR) is 122 cm³/mol. The molecule has 0 heterocycles. The fourth-order valence-corrected chi connectivity index (χ4v) is 4.00. The molecule has 0 unspecified atom stereocenters. The highest BCUT2D eigenvalue weighted by Crippen LogP contribution is 2.38. The van der Waals surface area contributed by atoms with Gasteiger partial charge < -0.3 is 0 Å². The predicted octanol–water partition coefficient (Wildman–Crippen LogP) is 7.94. The molecule has 0 aromatic heterocycles. The van der Waals surface area contributed by atoms with E-state index in [0.717, 1.165) is 0 Å². The van der Waals surface area contributed by atoms with Crippen LogP contribution in [-0.4, -0.2) is 0 Å². The van der Waals surface area contributed by atoms with Gasteiger partial charge in [-0.3, -0.25) is 0 Å². The van der Waals surface area contributed by atoms with Crippen molar-refractivity contribution in [3.63, 3.8) is 0 Å². The Hall–Kier alpha value is -3.38. The average Bonchev–Trinajstić information content (AvgIpc) is 2.73. The van der Waals surface area contributed by atoms with Gasteiger partial charge in [-0.05, 0) is 69.8 Å². The zero-order valence-corrected chi connectivity index (χ0v) is 16.2. The second-order valence-corrected chi connectivity index (χ2v) is 7.64. The average molecular weight is 358 g/mol. The second-order valence-electron chi connectivity index (χ2n) is 7.64. The highest BCUT2D eigenvalue weighted by atomic mass is 14.1. The summed E-state index contributed by atoms with van der Waals surface area (Å²) in [5.74, 6) is 0. The monoisotopic (exact) mass is 358 g/mol. The Bertz CT molecular complexity index is 1190. The van der Waals surface area contributed by atoms with Crippen LogP contribution in [0.25, 0.3) is 43.8 Å². The third kappa shape index (κ3) is 2.88. The van der Waals surface area contributed by atoms with Crippen LogP contribution in [0, 0.1) is 13.8 Å². The summed E-state index contributed by atoms with van der Waals surface area (Å²) in [7, 11) is 0. The zero-order valence-electron chi connectivity index (χ0n) is 16.2. The number of fused-ring (bicyclic) bond motifs is 2. The molecule has 134 valence electrons. The summed E-state index contributed by atoms with van der Waals surface area (Å²) in [5, 5.41) is 5.18. The van der Waals surface area contributed by atoms with E-state index >= 15 is 0 Å². The first kappa shape index (κ1) is 16.8. The van der Waals surface area contributed by atoms with Crippen LogP contribution >= 0.6 is 0 Å². The first-order valence-corrected chi connectivity index (χ1v) is 9.79. The van der Waals surface area contributed by atoms with Gasteiger partial charge in [0.05, 0.1) is 0 Å². The fourth-order valence-electron chi connectivity index (χ4n) is 4.00. The van der Waals surface area contributed by atoms with Crippen molar-refractivity contribution in [2.24, 2.45) is 0 Å². The molecule has 0 aliphatic rings. The molecule has 0 radical (unpaired) electrons. The van der Waals surface area contributed by atoms with Crippen molar-refractivity contribution in [1.29, 1.82) is 0 Å². The largest absolute Gasteiger partial charge is 0.0616 e. The number of rotatable bonds is 2. The highest BCUT2D eigenvalue weighted by Gasteiger charge is 2.11. The molecule has 0 amide bonds. The second kappa shape index (κ2) is 6.65. The quantitative estimate of drug-likeness (QED) is 0.281. The maximum absolute atomic E-state index is 2.34. The van der Waals surface area contributed by atoms with Crippen molar-refractivity contribution in [2.45, 2.75) is 13.8 Å². The van der Waals surface area contributed by atoms with Gasteiger partial charge in [0.2, 0.25) is 0 Å². The van der Waals surface area contributed by atoms with E-state index in [1.807, 2.05) is 0 Å². The van der Waals surface area contributed by atoms with E-state index in [1.165, 1.54) is 54.9 Å². The van der Waals surface area contributed by atoms with E-state index in [0.29, 0.717) is 0 Å². The molecular formula is C28H22. The van der Waals surface area contributed by atoms with Gasteiger partial charge in [0.25, 0.3) is 0 Å². The number of hydrogen-bond acceptors (Lipinski definition) is 0. The third-order valence-electron chi connectivity index (χ3n) is 5.61. The standard InChI is InChI=1S/C28H22/c1-19-7-11-21(12-8-19)25-15-16-26(22-13-9-20(2)10-14-22)28-18-24-6-4-3-5-23(24)17-27(25)28/h3-18H,1-2H3. The Balaban J connectivity index is 1.85. The molecule has 28 heavy (non-hydrogen) atoms. The van der Waals surface area contributed by atoms with Crippen LogP contribution in [0.15, 0.2) is 97.1 Å². The molecule has 0 saturated carbocycles. The molecule has 5 aromatic rings. The van der Waals surface area contributed by atoms with Crippen molar-refractivity contribution in [1.82, 2.24) is 0 Å². The Morgan fingerprint density at radius 2 is 0.821 bits per heavy atom. The topological polar surface area (TPSA) is 0 Å². The molecule has 0 nitrogen and oxygen atoms in total. The van der Waals surface area contributed by atoms with E-state index in [-0.39, 0.29) is 0 Å². The summed E-state index contributed by atoms with van der Waals surface area (Å²) < 4.78 is 0. The lowest BCUT2D eigenvalue weighted by molar-refractivity contribution is 1.47. The Morgan fingerprint density at radius 3 is 1.21 bits per heavy atom. The van der Waals surface area contributed by atoms with E-state index in [2.05, 4.69) is 111 Å².